The zero-order chi connectivity index (χ0) is 11.4. The van der Waals surface area contributed by atoms with Crippen molar-refractivity contribution in [1.82, 2.24) is 5.32 Å². The lowest BCUT2D eigenvalue weighted by Gasteiger charge is -2.13. The zero-order valence-corrected chi connectivity index (χ0v) is 10.4. The van der Waals surface area contributed by atoms with Gasteiger partial charge >= 0.3 is 0 Å². The molecule has 0 aromatic rings. The smallest absolute Gasteiger partial charge is 0.188 e. The Morgan fingerprint density at radius 1 is 1.25 bits per heavy atom. The van der Waals surface area contributed by atoms with E-state index in [0.29, 0.717) is 12.0 Å². The third-order valence-electron chi connectivity index (χ3n) is 4.03. The average molecular weight is 223 g/mol. The summed E-state index contributed by atoms with van der Waals surface area (Å²) < 4.78 is 0. The molecule has 92 valence electrons. The van der Waals surface area contributed by atoms with Gasteiger partial charge in [0.2, 0.25) is 0 Å². The van der Waals surface area contributed by atoms with E-state index in [-0.39, 0.29) is 0 Å². The minimum Gasteiger partial charge on any atom is -0.370 e. The monoisotopic (exact) mass is 223 g/mol. The molecule has 0 radical (unpaired) electrons. The van der Waals surface area contributed by atoms with Crippen molar-refractivity contribution in [2.75, 3.05) is 6.54 Å². The molecule has 2 unspecified atom stereocenters. The molecule has 0 saturated heterocycles. The van der Waals surface area contributed by atoms with Gasteiger partial charge in [-0.3, -0.25) is 4.99 Å². The van der Waals surface area contributed by atoms with Crippen molar-refractivity contribution in [3.05, 3.63) is 0 Å². The molecule has 2 atom stereocenters. The van der Waals surface area contributed by atoms with Crippen LogP contribution in [-0.2, 0) is 0 Å². The Morgan fingerprint density at radius 3 is 2.62 bits per heavy atom. The average Bonchev–Trinajstić information content (AvgIpc) is 2.87. The predicted molar refractivity (Wildman–Crippen MR) is 68.4 cm³/mol. The van der Waals surface area contributed by atoms with Crippen LogP contribution in [0.4, 0.5) is 0 Å². The Balaban J connectivity index is 1.69. The highest BCUT2D eigenvalue weighted by Crippen LogP contribution is 2.30. The van der Waals surface area contributed by atoms with Gasteiger partial charge in [0.25, 0.3) is 0 Å². The van der Waals surface area contributed by atoms with Gasteiger partial charge in [-0.1, -0.05) is 26.2 Å². The summed E-state index contributed by atoms with van der Waals surface area (Å²) in [4.78, 5) is 4.49. The number of hydrogen-bond donors (Lipinski definition) is 2. The molecule has 0 amide bonds. The maximum absolute atomic E-state index is 5.91. The van der Waals surface area contributed by atoms with E-state index in [1.165, 1.54) is 44.9 Å². The van der Waals surface area contributed by atoms with Crippen molar-refractivity contribution < 1.29 is 0 Å². The van der Waals surface area contributed by atoms with Crippen molar-refractivity contribution in [3.63, 3.8) is 0 Å². The Labute approximate surface area is 98.9 Å². The molecule has 0 heterocycles. The summed E-state index contributed by atoms with van der Waals surface area (Å²) in [6.45, 7) is 3.26. The second-order valence-electron chi connectivity index (χ2n) is 5.64. The number of nitrogens with zero attached hydrogens (tertiary/aromatic N) is 1. The van der Waals surface area contributed by atoms with E-state index in [0.717, 1.165) is 18.4 Å². The number of rotatable bonds is 3. The molecule has 0 aliphatic heterocycles. The van der Waals surface area contributed by atoms with Gasteiger partial charge in [-0.2, -0.15) is 0 Å². The molecule has 3 nitrogen and oxygen atoms in total. The van der Waals surface area contributed by atoms with Crippen LogP contribution in [-0.4, -0.2) is 18.5 Å². The Hall–Kier alpha value is -0.730. The molecular formula is C13H25N3. The van der Waals surface area contributed by atoms with Gasteiger partial charge in [-0.05, 0) is 37.5 Å². The van der Waals surface area contributed by atoms with Gasteiger partial charge in [-0.25, -0.2) is 0 Å². The lowest BCUT2D eigenvalue weighted by atomic mass is 10.1. The van der Waals surface area contributed by atoms with E-state index < -0.39 is 0 Å². The van der Waals surface area contributed by atoms with Gasteiger partial charge in [0.05, 0.1) is 0 Å². The fourth-order valence-electron chi connectivity index (χ4n) is 3.04. The number of guanidine groups is 1. The maximum atomic E-state index is 5.91. The van der Waals surface area contributed by atoms with Crippen LogP contribution < -0.4 is 11.1 Å². The lowest BCUT2D eigenvalue weighted by Crippen LogP contribution is -2.38. The summed E-state index contributed by atoms with van der Waals surface area (Å²) in [6, 6.07) is 0.589. The zero-order valence-electron chi connectivity index (χ0n) is 10.4. The van der Waals surface area contributed by atoms with Gasteiger partial charge in [0.15, 0.2) is 5.96 Å². The lowest BCUT2D eigenvalue weighted by molar-refractivity contribution is 0.523. The third-order valence-corrected chi connectivity index (χ3v) is 4.03. The second-order valence-corrected chi connectivity index (χ2v) is 5.64. The van der Waals surface area contributed by atoms with Crippen LogP contribution in [0.15, 0.2) is 4.99 Å². The standard InChI is InChI=1S/C13H25N3/c1-10-6-7-11(8-10)9-15-13(14)16-12-4-2-3-5-12/h10-12H,2-9H2,1H3,(H3,14,15,16). The fourth-order valence-corrected chi connectivity index (χ4v) is 3.04. The first kappa shape index (κ1) is 11.7. The van der Waals surface area contributed by atoms with E-state index in [9.17, 15) is 0 Å². The predicted octanol–water partition coefficient (Wildman–Crippen LogP) is 2.27. The van der Waals surface area contributed by atoms with E-state index in [2.05, 4.69) is 17.2 Å². The summed E-state index contributed by atoms with van der Waals surface area (Å²) in [7, 11) is 0. The maximum Gasteiger partial charge on any atom is 0.188 e. The van der Waals surface area contributed by atoms with Crippen LogP contribution in [0.25, 0.3) is 0 Å². The van der Waals surface area contributed by atoms with Gasteiger partial charge in [0.1, 0.15) is 0 Å². The van der Waals surface area contributed by atoms with Crippen molar-refractivity contribution in [2.24, 2.45) is 22.6 Å². The first-order valence-electron chi connectivity index (χ1n) is 6.80. The molecule has 2 aliphatic rings. The number of aliphatic imine (C=N–C) groups is 1. The van der Waals surface area contributed by atoms with Crippen LogP contribution in [0, 0.1) is 11.8 Å². The minimum atomic E-state index is 0.589. The first-order chi connectivity index (χ1) is 7.74. The molecular weight excluding hydrogens is 198 g/mol. The quantitative estimate of drug-likeness (QED) is 0.569. The SMILES string of the molecule is CC1CCC(CN=C(N)NC2CCCC2)C1. The highest BCUT2D eigenvalue weighted by molar-refractivity contribution is 5.78. The molecule has 3 N–H and O–H groups in total. The van der Waals surface area contributed by atoms with Crippen LogP contribution in [0.3, 0.4) is 0 Å². The molecule has 0 aromatic carbocycles. The Kier molecular flexibility index (Phi) is 4.08. The second kappa shape index (κ2) is 5.55. The van der Waals surface area contributed by atoms with Gasteiger partial charge in [-0.15, -0.1) is 0 Å². The van der Waals surface area contributed by atoms with E-state index in [4.69, 9.17) is 5.73 Å². The van der Waals surface area contributed by atoms with Crippen molar-refractivity contribution in [3.8, 4) is 0 Å². The Bertz CT molecular complexity index is 244. The summed E-state index contributed by atoms with van der Waals surface area (Å²) in [5.74, 6) is 2.34. The highest BCUT2D eigenvalue weighted by atomic mass is 15.1. The molecule has 2 fully saturated rings. The summed E-state index contributed by atoms with van der Waals surface area (Å²) >= 11 is 0. The van der Waals surface area contributed by atoms with Crippen molar-refractivity contribution in [1.29, 1.82) is 0 Å². The number of nitrogens with one attached hydrogen (secondary N) is 1. The van der Waals surface area contributed by atoms with Crippen molar-refractivity contribution >= 4 is 5.96 Å². The normalized spacial score (nSPS) is 32.2. The van der Waals surface area contributed by atoms with Gasteiger partial charge in [0, 0.05) is 12.6 Å². The van der Waals surface area contributed by atoms with E-state index in [1.54, 1.807) is 0 Å². The molecule has 2 aliphatic carbocycles. The van der Waals surface area contributed by atoms with Crippen molar-refractivity contribution in [2.45, 2.75) is 57.9 Å². The summed E-state index contributed by atoms with van der Waals surface area (Å²) in [5.41, 5.74) is 5.91. The highest BCUT2D eigenvalue weighted by Gasteiger charge is 2.21. The topological polar surface area (TPSA) is 50.4 Å². The third kappa shape index (κ3) is 3.39. The van der Waals surface area contributed by atoms with Crippen LogP contribution >= 0.6 is 0 Å². The molecule has 0 spiro atoms. The molecule has 3 heteroatoms. The van der Waals surface area contributed by atoms with Crippen LogP contribution in [0.2, 0.25) is 0 Å². The van der Waals surface area contributed by atoms with E-state index >= 15 is 0 Å². The molecule has 0 aromatic heterocycles. The number of nitrogens with two attached hydrogens (primary N) is 1. The molecule has 0 bridgehead atoms. The summed E-state index contributed by atoms with van der Waals surface area (Å²) in [6.07, 6.45) is 9.24. The first-order valence-corrected chi connectivity index (χ1v) is 6.80. The molecule has 2 saturated carbocycles. The van der Waals surface area contributed by atoms with Crippen LogP contribution in [0.1, 0.15) is 51.9 Å². The largest absolute Gasteiger partial charge is 0.370 e. The van der Waals surface area contributed by atoms with E-state index in [1.807, 2.05) is 0 Å². The number of hydrogen-bond acceptors (Lipinski definition) is 1. The molecule has 16 heavy (non-hydrogen) atoms. The minimum absolute atomic E-state index is 0.589. The Morgan fingerprint density at radius 2 is 2.00 bits per heavy atom. The molecule has 2 rings (SSSR count). The van der Waals surface area contributed by atoms with Crippen LogP contribution in [0.5, 0.6) is 0 Å². The van der Waals surface area contributed by atoms with Gasteiger partial charge < -0.3 is 11.1 Å². The summed E-state index contributed by atoms with van der Waals surface area (Å²) in [5, 5.41) is 3.34. The fraction of sp³-hybridized carbons (Fsp3) is 0.923.